The number of nitrogens with one attached hydrogen (secondary N) is 1. The van der Waals surface area contributed by atoms with Gasteiger partial charge in [-0.3, -0.25) is 9.78 Å². The fourth-order valence-corrected chi connectivity index (χ4v) is 2.25. The van der Waals surface area contributed by atoms with E-state index in [0.717, 1.165) is 10.0 Å². The Balaban J connectivity index is 1.98. The maximum absolute atomic E-state index is 11.7. The summed E-state index contributed by atoms with van der Waals surface area (Å²) in [4.78, 5) is 15.7. The molecule has 2 heterocycles. The summed E-state index contributed by atoms with van der Waals surface area (Å²) < 4.78 is 0.802. The van der Waals surface area contributed by atoms with Gasteiger partial charge in [0.25, 0.3) is 5.91 Å². The number of carbonyl (C=O) groups excluding carboxylic acids is 1. The molecule has 5 heteroatoms. The zero-order valence-corrected chi connectivity index (χ0v) is 10.7. The molecule has 0 saturated carbocycles. The first-order chi connectivity index (χ1) is 7.75. The summed E-state index contributed by atoms with van der Waals surface area (Å²) in [7, 11) is 0. The third-order valence-corrected chi connectivity index (χ3v) is 3.17. The number of halogens is 1. The lowest BCUT2D eigenvalue weighted by Gasteiger charge is -2.03. The summed E-state index contributed by atoms with van der Waals surface area (Å²) in [6.07, 6.45) is 3.20. The van der Waals surface area contributed by atoms with Crippen LogP contribution in [0.15, 0.2) is 39.8 Å². The molecule has 0 unspecified atom stereocenters. The molecular formula is C11H9BrN2OS. The van der Waals surface area contributed by atoms with Gasteiger partial charge in [0.1, 0.15) is 0 Å². The molecule has 0 aliphatic carbocycles. The van der Waals surface area contributed by atoms with Crippen molar-refractivity contribution in [3.05, 3.63) is 50.9 Å². The topological polar surface area (TPSA) is 42.0 Å². The Labute approximate surface area is 106 Å². The molecule has 82 valence electrons. The van der Waals surface area contributed by atoms with Gasteiger partial charge in [-0.2, -0.15) is 11.3 Å². The molecule has 2 aromatic rings. The Bertz CT molecular complexity index is 484. The molecule has 0 radical (unpaired) electrons. The highest BCUT2D eigenvalue weighted by Gasteiger charge is 2.05. The number of amides is 1. The average molecular weight is 297 g/mol. The van der Waals surface area contributed by atoms with E-state index in [0.29, 0.717) is 12.1 Å². The van der Waals surface area contributed by atoms with Crippen molar-refractivity contribution in [3.8, 4) is 0 Å². The van der Waals surface area contributed by atoms with Gasteiger partial charge in [-0.25, -0.2) is 0 Å². The number of pyridine rings is 1. The lowest BCUT2D eigenvalue weighted by atomic mass is 10.2. The molecule has 16 heavy (non-hydrogen) atoms. The van der Waals surface area contributed by atoms with Gasteiger partial charge in [0, 0.05) is 23.4 Å². The highest BCUT2D eigenvalue weighted by molar-refractivity contribution is 9.10. The molecule has 1 N–H and O–H groups in total. The van der Waals surface area contributed by atoms with Crippen molar-refractivity contribution >= 4 is 33.2 Å². The van der Waals surface area contributed by atoms with Gasteiger partial charge in [0.05, 0.1) is 5.56 Å². The predicted molar refractivity (Wildman–Crippen MR) is 67.4 cm³/mol. The number of rotatable bonds is 3. The first-order valence-corrected chi connectivity index (χ1v) is 6.39. The number of thiophene rings is 1. The minimum absolute atomic E-state index is 0.111. The number of carbonyl (C=O) groups is 1. The van der Waals surface area contributed by atoms with Gasteiger partial charge in [-0.1, -0.05) is 0 Å². The van der Waals surface area contributed by atoms with Crippen LogP contribution in [-0.2, 0) is 6.54 Å². The van der Waals surface area contributed by atoms with E-state index in [1.807, 2.05) is 16.8 Å². The van der Waals surface area contributed by atoms with Crippen molar-refractivity contribution in [2.75, 3.05) is 0 Å². The Morgan fingerprint density at radius 3 is 3.06 bits per heavy atom. The zero-order valence-electron chi connectivity index (χ0n) is 8.31. The van der Waals surface area contributed by atoms with Crippen LogP contribution in [0.2, 0.25) is 0 Å². The van der Waals surface area contributed by atoms with E-state index in [4.69, 9.17) is 0 Å². The summed E-state index contributed by atoms with van der Waals surface area (Å²) in [5, 5.41) is 6.84. The average Bonchev–Trinajstić information content (AvgIpc) is 2.78. The van der Waals surface area contributed by atoms with Crippen LogP contribution in [-0.4, -0.2) is 10.9 Å². The minimum Gasteiger partial charge on any atom is -0.348 e. The molecule has 0 bridgehead atoms. The van der Waals surface area contributed by atoms with Gasteiger partial charge in [-0.15, -0.1) is 0 Å². The van der Waals surface area contributed by atoms with Crippen molar-refractivity contribution in [2.45, 2.75) is 6.54 Å². The first kappa shape index (κ1) is 11.3. The van der Waals surface area contributed by atoms with Crippen LogP contribution in [0.4, 0.5) is 0 Å². The molecule has 3 nitrogen and oxygen atoms in total. The molecule has 0 spiro atoms. The smallest absolute Gasteiger partial charge is 0.253 e. The lowest BCUT2D eigenvalue weighted by molar-refractivity contribution is 0.0950. The van der Waals surface area contributed by atoms with Crippen LogP contribution >= 0.6 is 27.3 Å². The molecule has 0 aliphatic rings. The molecule has 2 aromatic heterocycles. The summed E-state index contributed by atoms with van der Waals surface area (Å²) in [6.45, 7) is 0.550. The van der Waals surface area contributed by atoms with Crippen LogP contribution in [0.25, 0.3) is 0 Å². The minimum atomic E-state index is -0.111. The van der Waals surface area contributed by atoms with Gasteiger partial charge in [-0.05, 0) is 44.4 Å². The third-order valence-electron chi connectivity index (χ3n) is 2.00. The molecule has 0 atom stereocenters. The fourth-order valence-electron chi connectivity index (χ4n) is 1.21. The summed E-state index contributed by atoms with van der Waals surface area (Å²) in [5.74, 6) is -0.111. The zero-order chi connectivity index (χ0) is 11.4. The third kappa shape index (κ3) is 2.90. The van der Waals surface area contributed by atoms with Crippen molar-refractivity contribution in [2.24, 2.45) is 0 Å². The normalized spacial score (nSPS) is 10.1. The van der Waals surface area contributed by atoms with E-state index in [2.05, 4.69) is 26.2 Å². The van der Waals surface area contributed by atoms with Gasteiger partial charge in [0.2, 0.25) is 0 Å². The van der Waals surface area contributed by atoms with E-state index in [9.17, 15) is 4.79 Å². The fraction of sp³-hybridized carbons (Fsp3) is 0.0909. The monoisotopic (exact) mass is 296 g/mol. The van der Waals surface area contributed by atoms with Crippen LogP contribution in [0.3, 0.4) is 0 Å². The van der Waals surface area contributed by atoms with Gasteiger partial charge < -0.3 is 5.32 Å². The highest BCUT2D eigenvalue weighted by atomic mass is 79.9. The van der Waals surface area contributed by atoms with Crippen LogP contribution in [0, 0.1) is 0 Å². The largest absolute Gasteiger partial charge is 0.348 e. The Kier molecular flexibility index (Phi) is 3.69. The predicted octanol–water partition coefficient (Wildman–Crippen LogP) is 2.84. The van der Waals surface area contributed by atoms with Crippen molar-refractivity contribution in [3.63, 3.8) is 0 Å². The summed E-state index contributed by atoms with van der Waals surface area (Å²) in [5.41, 5.74) is 1.67. The highest BCUT2D eigenvalue weighted by Crippen LogP contribution is 2.10. The molecule has 0 aromatic carbocycles. The van der Waals surface area contributed by atoms with E-state index < -0.39 is 0 Å². The first-order valence-electron chi connectivity index (χ1n) is 4.65. The molecule has 0 aliphatic heterocycles. The van der Waals surface area contributed by atoms with Crippen LogP contribution < -0.4 is 5.32 Å². The second kappa shape index (κ2) is 5.23. The van der Waals surface area contributed by atoms with Crippen LogP contribution in [0.1, 0.15) is 15.9 Å². The molecule has 1 amide bonds. The maximum Gasteiger partial charge on any atom is 0.253 e. The van der Waals surface area contributed by atoms with E-state index in [1.165, 1.54) is 0 Å². The standard InChI is InChI=1S/C11H9BrN2OS/c12-10-3-9(5-13-6-10)11(15)14-4-8-1-2-16-7-8/h1-3,5-7H,4H2,(H,14,15). The quantitative estimate of drug-likeness (QED) is 0.946. The number of hydrogen-bond acceptors (Lipinski definition) is 3. The lowest BCUT2D eigenvalue weighted by Crippen LogP contribution is -2.22. The van der Waals surface area contributed by atoms with Gasteiger partial charge >= 0.3 is 0 Å². The summed E-state index contributed by atoms with van der Waals surface area (Å²) >= 11 is 4.90. The molecule has 2 rings (SSSR count). The maximum atomic E-state index is 11.7. The second-order valence-corrected chi connectivity index (χ2v) is 4.90. The van der Waals surface area contributed by atoms with E-state index in [1.54, 1.807) is 29.8 Å². The van der Waals surface area contributed by atoms with Crippen LogP contribution in [0.5, 0.6) is 0 Å². The Morgan fingerprint density at radius 2 is 2.38 bits per heavy atom. The number of aromatic nitrogens is 1. The SMILES string of the molecule is O=C(NCc1ccsc1)c1cncc(Br)c1. The molecule has 0 saturated heterocycles. The molecular weight excluding hydrogens is 288 g/mol. The van der Waals surface area contributed by atoms with E-state index >= 15 is 0 Å². The Hall–Kier alpha value is -1.20. The van der Waals surface area contributed by atoms with E-state index in [-0.39, 0.29) is 5.91 Å². The number of nitrogens with zero attached hydrogens (tertiary/aromatic N) is 1. The Morgan fingerprint density at radius 1 is 1.50 bits per heavy atom. The second-order valence-electron chi connectivity index (χ2n) is 3.21. The summed E-state index contributed by atoms with van der Waals surface area (Å²) in [6, 6.07) is 3.74. The van der Waals surface area contributed by atoms with Crippen molar-refractivity contribution in [1.29, 1.82) is 0 Å². The van der Waals surface area contributed by atoms with Gasteiger partial charge in [0.15, 0.2) is 0 Å². The van der Waals surface area contributed by atoms with Crippen molar-refractivity contribution < 1.29 is 4.79 Å². The number of hydrogen-bond donors (Lipinski definition) is 1. The van der Waals surface area contributed by atoms with Crippen molar-refractivity contribution in [1.82, 2.24) is 10.3 Å². The molecule has 0 fully saturated rings.